The molecular weight excluding hydrogens is 491 g/mol. The van der Waals surface area contributed by atoms with E-state index >= 15 is 0 Å². The van der Waals surface area contributed by atoms with Gasteiger partial charge in [0.15, 0.2) is 5.84 Å². The first kappa shape index (κ1) is 21.0. The molecule has 2 aromatic carbocycles. The quantitative estimate of drug-likeness (QED) is 0.411. The summed E-state index contributed by atoms with van der Waals surface area (Å²) in [5.41, 5.74) is 1.38. The zero-order valence-corrected chi connectivity index (χ0v) is 19.1. The molecule has 0 saturated heterocycles. The molecule has 10 heteroatoms. The highest BCUT2D eigenvalue weighted by Crippen LogP contribution is 2.35. The van der Waals surface area contributed by atoms with Crippen LogP contribution in [0.5, 0.6) is 0 Å². The van der Waals surface area contributed by atoms with Gasteiger partial charge in [-0.15, -0.1) is 0 Å². The molecule has 0 aliphatic carbocycles. The zero-order valence-electron chi connectivity index (χ0n) is 16.0. The number of hydrazone groups is 1. The highest BCUT2D eigenvalue weighted by molar-refractivity contribution is 8.27. The molecule has 0 fully saturated rings. The number of aliphatic imine (C=N–C) groups is 1. The van der Waals surface area contributed by atoms with E-state index in [9.17, 15) is 4.79 Å². The van der Waals surface area contributed by atoms with Gasteiger partial charge in [-0.3, -0.25) is 10.2 Å². The zero-order chi connectivity index (χ0) is 22.4. The topological polar surface area (TPSA) is 82.0 Å². The largest absolute Gasteiger partial charge is 0.457 e. The lowest BCUT2D eigenvalue weighted by molar-refractivity contribution is -0.114. The van der Waals surface area contributed by atoms with Gasteiger partial charge in [0.1, 0.15) is 16.6 Å². The summed E-state index contributed by atoms with van der Waals surface area (Å²) in [7, 11) is 0. The number of rotatable bonds is 3. The molecule has 158 valence electrons. The van der Waals surface area contributed by atoms with Gasteiger partial charge in [-0.2, -0.15) is 15.1 Å². The minimum Gasteiger partial charge on any atom is -0.457 e. The van der Waals surface area contributed by atoms with Gasteiger partial charge < -0.3 is 4.42 Å². The van der Waals surface area contributed by atoms with E-state index in [1.54, 1.807) is 36.4 Å². The number of fused-ring (bicyclic) bond motifs is 1. The highest BCUT2D eigenvalue weighted by Gasteiger charge is 2.36. The van der Waals surface area contributed by atoms with E-state index in [-0.39, 0.29) is 11.4 Å². The lowest BCUT2D eigenvalue weighted by Gasteiger charge is -2.19. The minimum absolute atomic E-state index is 0.0524. The number of benzene rings is 2. The average Bonchev–Trinajstić information content (AvgIpc) is 3.40. The van der Waals surface area contributed by atoms with Gasteiger partial charge in [0, 0.05) is 16.1 Å². The summed E-state index contributed by atoms with van der Waals surface area (Å²) in [5.74, 6) is 0.195. The molecule has 2 aliphatic heterocycles. The number of carbonyl (C=O) groups excluding carboxylic acids is 1. The lowest BCUT2D eigenvalue weighted by atomic mass is 10.1. The standard InChI is InChI=1S/C22H11Cl3N4O2S/c23-11-5-7-17(25)14(9-11)18-8-6-12(31-18)10-15-19(26)29-22(27-20(15)30)32-21(28-29)13-3-1-2-4-16(13)24/h1-10,26H/b15-10+,26-19?. The maximum absolute atomic E-state index is 12.6. The summed E-state index contributed by atoms with van der Waals surface area (Å²) < 4.78 is 5.83. The van der Waals surface area contributed by atoms with Gasteiger partial charge in [-0.1, -0.05) is 53.0 Å². The van der Waals surface area contributed by atoms with Crippen molar-refractivity contribution in [3.63, 3.8) is 0 Å². The minimum atomic E-state index is -0.553. The number of hydrogen-bond donors (Lipinski definition) is 1. The highest BCUT2D eigenvalue weighted by atomic mass is 35.5. The molecule has 0 spiro atoms. The summed E-state index contributed by atoms with van der Waals surface area (Å²) in [6.45, 7) is 0. The van der Waals surface area contributed by atoms with Crippen molar-refractivity contribution in [1.29, 1.82) is 5.41 Å². The Morgan fingerprint density at radius 2 is 1.78 bits per heavy atom. The molecule has 1 N–H and O–H groups in total. The van der Waals surface area contributed by atoms with Crippen LogP contribution in [0.15, 0.2) is 74.7 Å². The third-order valence-corrected chi connectivity index (χ3v) is 6.50. The number of hydrogen-bond acceptors (Lipinski definition) is 5. The second-order valence-corrected chi connectivity index (χ2v) is 8.94. The molecule has 0 bridgehead atoms. The van der Waals surface area contributed by atoms with Crippen LogP contribution < -0.4 is 0 Å². The molecule has 1 aromatic heterocycles. The van der Waals surface area contributed by atoms with Crippen molar-refractivity contribution in [2.45, 2.75) is 0 Å². The van der Waals surface area contributed by atoms with Crippen molar-refractivity contribution in [2.24, 2.45) is 10.1 Å². The van der Waals surface area contributed by atoms with Crippen molar-refractivity contribution in [3.8, 4) is 11.3 Å². The van der Waals surface area contributed by atoms with Crippen LogP contribution in [0, 0.1) is 5.41 Å². The Labute approximate surface area is 201 Å². The van der Waals surface area contributed by atoms with E-state index in [0.717, 1.165) is 0 Å². The Kier molecular flexibility index (Phi) is 5.43. The van der Waals surface area contributed by atoms with Crippen molar-refractivity contribution in [2.75, 3.05) is 0 Å². The Bertz CT molecular complexity index is 1390. The van der Waals surface area contributed by atoms with Gasteiger partial charge in [0.05, 0.1) is 15.6 Å². The molecule has 32 heavy (non-hydrogen) atoms. The molecule has 3 aromatic rings. The van der Waals surface area contributed by atoms with Crippen LogP contribution >= 0.6 is 46.6 Å². The first-order valence-corrected chi connectivity index (χ1v) is 11.2. The van der Waals surface area contributed by atoms with Crippen LogP contribution in [0.2, 0.25) is 15.1 Å². The Morgan fingerprint density at radius 1 is 1.00 bits per heavy atom. The number of amidine groups is 2. The first-order valence-electron chi connectivity index (χ1n) is 9.21. The SMILES string of the molecule is N=C1/C(=C\c2ccc(-c3cc(Cl)ccc3Cl)o2)C(=O)N=C2SC(c3ccccc3Cl)=NN12. The van der Waals surface area contributed by atoms with Crippen LogP contribution in [0.1, 0.15) is 11.3 Å². The molecular formula is C22H11Cl3N4O2S. The second-order valence-electron chi connectivity index (χ2n) is 6.73. The monoisotopic (exact) mass is 500 g/mol. The van der Waals surface area contributed by atoms with E-state index in [0.29, 0.717) is 47.9 Å². The number of halogens is 3. The van der Waals surface area contributed by atoms with Crippen LogP contribution in [-0.2, 0) is 4.79 Å². The Balaban J connectivity index is 1.47. The van der Waals surface area contributed by atoms with Gasteiger partial charge in [0.25, 0.3) is 5.91 Å². The van der Waals surface area contributed by atoms with Crippen molar-refractivity contribution >= 4 is 74.6 Å². The van der Waals surface area contributed by atoms with Crippen molar-refractivity contribution in [3.05, 3.63) is 86.6 Å². The molecule has 0 unspecified atom stereocenters. The maximum Gasteiger partial charge on any atom is 0.283 e. The predicted octanol–water partition coefficient (Wildman–Crippen LogP) is 6.57. The molecule has 2 aliphatic rings. The van der Waals surface area contributed by atoms with Crippen LogP contribution in [0.3, 0.4) is 0 Å². The smallest absolute Gasteiger partial charge is 0.283 e. The third-order valence-electron chi connectivity index (χ3n) is 4.67. The van der Waals surface area contributed by atoms with Crippen LogP contribution in [0.25, 0.3) is 17.4 Å². The summed E-state index contributed by atoms with van der Waals surface area (Å²) in [5, 5.41) is 16.7. The van der Waals surface area contributed by atoms with Crippen LogP contribution in [-0.4, -0.2) is 27.0 Å². The number of furan rings is 1. The summed E-state index contributed by atoms with van der Waals surface area (Å²) >= 11 is 19.7. The van der Waals surface area contributed by atoms with Crippen molar-refractivity contribution in [1.82, 2.24) is 5.01 Å². The molecule has 1 amide bonds. The molecule has 5 rings (SSSR count). The molecule has 0 radical (unpaired) electrons. The Morgan fingerprint density at radius 3 is 2.59 bits per heavy atom. The lowest BCUT2D eigenvalue weighted by Crippen LogP contribution is -2.35. The number of amides is 1. The molecule has 0 saturated carbocycles. The summed E-state index contributed by atoms with van der Waals surface area (Å²) in [4.78, 5) is 16.7. The van der Waals surface area contributed by atoms with E-state index in [1.807, 2.05) is 18.2 Å². The van der Waals surface area contributed by atoms with E-state index in [2.05, 4.69) is 10.1 Å². The molecule has 6 nitrogen and oxygen atoms in total. The van der Waals surface area contributed by atoms with Gasteiger partial charge >= 0.3 is 0 Å². The third kappa shape index (κ3) is 3.78. The number of nitrogens with one attached hydrogen (secondary N) is 1. The van der Waals surface area contributed by atoms with E-state index in [1.165, 1.54) is 22.8 Å². The fraction of sp³-hybridized carbons (Fsp3) is 0. The van der Waals surface area contributed by atoms with Gasteiger partial charge in [-0.05, 0) is 54.2 Å². The van der Waals surface area contributed by atoms with Gasteiger partial charge in [0.2, 0.25) is 5.17 Å². The fourth-order valence-electron chi connectivity index (χ4n) is 3.14. The predicted molar refractivity (Wildman–Crippen MR) is 130 cm³/mol. The van der Waals surface area contributed by atoms with E-state index < -0.39 is 5.91 Å². The van der Waals surface area contributed by atoms with Gasteiger partial charge in [-0.25, -0.2) is 0 Å². The number of thioether (sulfide) groups is 1. The average molecular weight is 502 g/mol. The summed E-state index contributed by atoms with van der Waals surface area (Å²) in [6.07, 6.45) is 1.46. The maximum atomic E-state index is 12.6. The van der Waals surface area contributed by atoms with Crippen LogP contribution in [0.4, 0.5) is 0 Å². The fourth-order valence-corrected chi connectivity index (χ4v) is 4.73. The van der Waals surface area contributed by atoms with Crippen molar-refractivity contribution < 1.29 is 9.21 Å². The summed E-state index contributed by atoms with van der Waals surface area (Å²) in [6, 6.07) is 15.7. The molecule has 0 atom stereocenters. The number of carbonyl (C=O) groups is 1. The molecule has 3 heterocycles. The Hall–Kier alpha value is -2.84. The first-order chi connectivity index (χ1) is 15.4. The second kappa shape index (κ2) is 8.26. The normalized spacial score (nSPS) is 17.0. The number of nitrogens with zero attached hydrogens (tertiary/aromatic N) is 3. The van der Waals surface area contributed by atoms with E-state index in [4.69, 9.17) is 44.6 Å².